The van der Waals surface area contributed by atoms with Gasteiger partial charge < -0.3 is 14.4 Å². The van der Waals surface area contributed by atoms with Crippen molar-refractivity contribution in [3.63, 3.8) is 0 Å². The Labute approximate surface area is 238 Å². The van der Waals surface area contributed by atoms with Crippen LogP contribution in [0.4, 0.5) is 10.1 Å². The molecule has 1 N–H and O–H groups in total. The second-order valence-electron chi connectivity index (χ2n) is 11.0. The first-order valence-electron chi connectivity index (χ1n) is 13.1. The minimum absolute atomic E-state index is 0.0510. The van der Waals surface area contributed by atoms with E-state index >= 15 is 0 Å². The third-order valence-corrected chi connectivity index (χ3v) is 10.2. The zero-order valence-corrected chi connectivity index (χ0v) is 23.1. The smallest absolute Gasteiger partial charge is 0.191 e. The second kappa shape index (κ2) is 9.53. The first-order chi connectivity index (χ1) is 18.8. The summed E-state index contributed by atoms with van der Waals surface area (Å²) in [5.74, 6) is 1.27. The minimum Gasteiger partial charge on any atom is -0.383 e. The van der Waals surface area contributed by atoms with Crippen LogP contribution in [0.5, 0.6) is 0 Å². The predicted octanol–water partition coefficient (Wildman–Crippen LogP) is 8.42. The van der Waals surface area contributed by atoms with Crippen molar-refractivity contribution in [2.75, 3.05) is 0 Å². The largest absolute Gasteiger partial charge is 0.383 e. The van der Waals surface area contributed by atoms with Crippen LogP contribution in [0.25, 0.3) is 26.3 Å². The highest BCUT2D eigenvalue weighted by Gasteiger charge is 2.51. The Morgan fingerprint density at radius 1 is 1.18 bits per heavy atom. The fraction of sp³-hybridized carbons (Fsp3) is 0.414. The van der Waals surface area contributed by atoms with Crippen LogP contribution in [0.1, 0.15) is 60.8 Å². The molecule has 0 radical (unpaired) electrons. The maximum absolute atomic E-state index is 14.5. The molecule has 6 nitrogen and oxygen atoms in total. The molecule has 200 valence electrons. The van der Waals surface area contributed by atoms with Crippen molar-refractivity contribution >= 4 is 50.4 Å². The molecule has 10 heteroatoms. The van der Waals surface area contributed by atoms with Crippen LogP contribution in [0.2, 0.25) is 10.0 Å². The van der Waals surface area contributed by atoms with Crippen molar-refractivity contribution < 1.29 is 18.8 Å². The fourth-order valence-electron chi connectivity index (χ4n) is 6.41. The van der Waals surface area contributed by atoms with E-state index in [4.69, 9.17) is 39.0 Å². The average Bonchev–Trinajstić information content (AvgIpc) is 3.20. The van der Waals surface area contributed by atoms with E-state index < -0.39 is 11.4 Å². The van der Waals surface area contributed by atoms with Crippen molar-refractivity contribution in [3.8, 4) is 11.3 Å². The molecule has 2 aromatic heterocycles. The van der Waals surface area contributed by atoms with Crippen molar-refractivity contribution in [1.29, 1.82) is 0 Å². The number of aromatic nitrogens is 2. The molecule has 0 spiro atoms. The summed E-state index contributed by atoms with van der Waals surface area (Å²) in [6, 6.07) is 8.23. The lowest BCUT2D eigenvalue weighted by Crippen LogP contribution is -2.23. The third-order valence-electron chi connectivity index (χ3n) is 8.39. The van der Waals surface area contributed by atoms with Gasteiger partial charge in [0.2, 0.25) is 0 Å². The van der Waals surface area contributed by atoms with Crippen molar-refractivity contribution in [1.82, 2.24) is 10.1 Å². The molecule has 2 unspecified atom stereocenters. The number of ether oxygens (including phenoxy) is 1. The van der Waals surface area contributed by atoms with Crippen molar-refractivity contribution in [3.05, 3.63) is 73.9 Å². The molecule has 0 bridgehead atoms. The van der Waals surface area contributed by atoms with Crippen molar-refractivity contribution in [2.24, 2.45) is 11.8 Å². The average molecular weight is 585 g/mol. The second-order valence-corrected chi connectivity index (χ2v) is 12.9. The summed E-state index contributed by atoms with van der Waals surface area (Å²) in [6.45, 7) is 7.54. The van der Waals surface area contributed by atoms with E-state index in [9.17, 15) is 9.50 Å². The van der Waals surface area contributed by atoms with Crippen LogP contribution in [0, 0.1) is 24.2 Å². The predicted molar refractivity (Wildman–Crippen MR) is 148 cm³/mol. The van der Waals surface area contributed by atoms with Crippen molar-refractivity contribution in [2.45, 2.75) is 62.8 Å². The summed E-state index contributed by atoms with van der Waals surface area (Å²) in [4.78, 5) is 7.80. The topological polar surface area (TPSA) is 72.7 Å². The Bertz CT molecular complexity index is 1610. The van der Waals surface area contributed by atoms with Gasteiger partial charge in [-0.15, -0.1) is 11.3 Å². The highest BCUT2D eigenvalue weighted by Crippen LogP contribution is 2.55. The summed E-state index contributed by atoms with van der Waals surface area (Å²) in [5.41, 5.74) is 1.60. The van der Waals surface area contributed by atoms with Gasteiger partial charge in [0.05, 0.1) is 29.3 Å². The molecule has 7 rings (SSSR count). The van der Waals surface area contributed by atoms with Gasteiger partial charge in [-0.3, -0.25) is 0 Å². The van der Waals surface area contributed by atoms with Gasteiger partial charge in [0.1, 0.15) is 33.4 Å². The normalized spacial score (nSPS) is 26.3. The number of hydrogen-bond acceptors (Lipinski definition) is 6. The Kier molecular flexibility index (Phi) is 6.22. The van der Waals surface area contributed by atoms with Crippen LogP contribution in [-0.2, 0) is 16.9 Å². The van der Waals surface area contributed by atoms with E-state index in [1.165, 1.54) is 17.4 Å². The Hall–Kier alpha value is -2.54. The molecule has 3 aliphatic carbocycles. The summed E-state index contributed by atoms with van der Waals surface area (Å²) < 4.78 is 27.3. The molecule has 0 amide bonds. The van der Waals surface area contributed by atoms with E-state index in [1.54, 1.807) is 24.3 Å². The highest BCUT2D eigenvalue weighted by molar-refractivity contribution is 7.18. The number of hydrogen-bond donors (Lipinski definition) is 1. The van der Waals surface area contributed by atoms with Gasteiger partial charge in [0.25, 0.3) is 0 Å². The Morgan fingerprint density at radius 3 is 2.56 bits per heavy atom. The van der Waals surface area contributed by atoms with Gasteiger partial charge in [0.15, 0.2) is 5.69 Å². The zero-order valence-electron chi connectivity index (χ0n) is 20.8. The Balaban J connectivity index is 1.07. The third kappa shape index (κ3) is 4.45. The number of halogens is 3. The number of nitrogens with zero attached hydrogens (tertiary/aromatic N) is 3. The van der Waals surface area contributed by atoms with Crippen LogP contribution >= 0.6 is 34.5 Å². The molecule has 4 aromatic rings. The molecule has 0 aliphatic heterocycles. The SMILES string of the molecule is [C-]#[N+]c1cc(F)c2nc(C3(O)C[C@H]4CC(OCc5c(-c6c(Cl)cccc6Cl)noc5C5CC5)C[C@H]4C3)sc2c1. The Morgan fingerprint density at radius 2 is 1.90 bits per heavy atom. The number of aliphatic hydroxyl groups is 1. The number of fused-ring (bicyclic) bond motifs is 2. The number of benzene rings is 2. The number of rotatable bonds is 6. The fourth-order valence-corrected chi connectivity index (χ4v) is 8.10. The molecule has 3 fully saturated rings. The van der Waals surface area contributed by atoms with Gasteiger partial charge in [-0.25, -0.2) is 14.2 Å². The van der Waals surface area contributed by atoms with Crippen LogP contribution in [0.3, 0.4) is 0 Å². The minimum atomic E-state index is -1.09. The van der Waals surface area contributed by atoms with Gasteiger partial charge in [-0.05, 0) is 74.6 Å². The first kappa shape index (κ1) is 25.4. The van der Waals surface area contributed by atoms with Gasteiger partial charge in [-0.2, -0.15) is 0 Å². The van der Waals surface area contributed by atoms with Crippen LogP contribution in [-0.4, -0.2) is 21.4 Å². The summed E-state index contributed by atoms with van der Waals surface area (Å²) in [7, 11) is 0. The van der Waals surface area contributed by atoms with E-state index in [0.717, 1.165) is 37.0 Å². The zero-order chi connectivity index (χ0) is 26.9. The lowest BCUT2D eigenvalue weighted by atomic mass is 9.98. The molecule has 3 saturated carbocycles. The van der Waals surface area contributed by atoms with E-state index in [-0.39, 0.29) is 17.3 Å². The standard InChI is InChI=1S/C29H24Cl2FN3O3S/c1-33-17-9-22(32)26-23(10-17)39-28(34-26)29(36)11-15-7-18(8-16(15)12-29)37-13-19-25(35-38-27(19)14-5-6-14)24-20(30)3-2-4-21(24)31/h2-4,9-10,14-16,18,36H,5-8,11-13H2/t15-,16+,18?,29?. The maximum atomic E-state index is 14.5. The summed E-state index contributed by atoms with van der Waals surface area (Å²) in [6.07, 6.45) is 4.99. The van der Waals surface area contributed by atoms with E-state index in [2.05, 4.69) is 15.0 Å². The maximum Gasteiger partial charge on any atom is 0.191 e. The molecule has 0 saturated heterocycles. The van der Waals surface area contributed by atoms with Crippen LogP contribution in [0.15, 0.2) is 34.9 Å². The van der Waals surface area contributed by atoms with E-state index in [1.807, 2.05) is 0 Å². The molecule has 2 aromatic carbocycles. The molecule has 39 heavy (non-hydrogen) atoms. The molecule has 3 aliphatic rings. The van der Waals surface area contributed by atoms with Gasteiger partial charge >= 0.3 is 0 Å². The lowest BCUT2D eigenvalue weighted by Gasteiger charge is -2.22. The highest BCUT2D eigenvalue weighted by atomic mass is 35.5. The molecule has 2 heterocycles. The molecule has 4 atom stereocenters. The number of thiazole rings is 1. The van der Waals surface area contributed by atoms with E-state index in [0.29, 0.717) is 68.2 Å². The van der Waals surface area contributed by atoms with Gasteiger partial charge in [0, 0.05) is 21.7 Å². The molecular formula is C29H24Cl2FN3O3S. The summed E-state index contributed by atoms with van der Waals surface area (Å²) in [5, 5.41) is 17.5. The monoisotopic (exact) mass is 583 g/mol. The van der Waals surface area contributed by atoms with Gasteiger partial charge in [-0.1, -0.05) is 34.4 Å². The van der Waals surface area contributed by atoms with Crippen LogP contribution < -0.4 is 0 Å². The first-order valence-corrected chi connectivity index (χ1v) is 14.6. The molecular weight excluding hydrogens is 560 g/mol. The lowest BCUT2D eigenvalue weighted by molar-refractivity contribution is 0.00958. The quantitative estimate of drug-likeness (QED) is 0.230. The summed E-state index contributed by atoms with van der Waals surface area (Å²) >= 11 is 14.3.